The molecule has 0 atom stereocenters. The van der Waals surface area contributed by atoms with E-state index in [2.05, 4.69) is 5.32 Å². The standard InChI is InChI=1S/C17H21NO4/c1-5-20-14-8-7-13(9-15(14)21-6-2)18-17(19)16-11(3)10-22-12(16)4/h7-10H,5-6H2,1-4H3,(H,18,19). The number of rotatable bonds is 6. The van der Waals surface area contributed by atoms with Gasteiger partial charge in [-0.25, -0.2) is 0 Å². The van der Waals surface area contributed by atoms with Crippen molar-refractivity contribution in [1.82, 2.24) is 0 Å². The van der Waals surface area contributed by atoms with Gasteiger partial charge in [-0.15, -0.1) is 0 Å². The van der Waals surface area contributed by atoms with Gasteiger partial charge in [0.1, 0.15) is 5.76 Å². The van der Waals surface area contributed by atoms with Gasteiger partial charge in [0.25, 0.3) is 5.91 Å². The van der Waals surface area contributed by atoms with Gasteiger partial charge >= 0.3 is 0 Å². The summed E-state index contributed by atoms with van der Waals surface area (Å²) in [7, 11) is 0. The maximum Gasteiger partial charge on any atom is 0.259 e. The quantitative estimate of drug-likeness (QED) is 0.878. The molecule has 0 aliphatic heterocycles. The minimum absolute atomic E-state index is 0.199. The fourth-order valence-electron chi connectivity index (χ4n) is 2.23. The third kappa shape index (κ3) is 3.42. The van der Waals surface area contributed by atoms with Crippen LogP contribution in [0.25, 0.3) is 0 Å². The highest BCUT2D eigenvalue weighted by Gasteiger charge is 2.16. The highest BCUT2D eigenvalue weighted by atomic mass is 16.5. The summed E-state index contributed by atoms with van der Waals surface area (Å²) < 4.78 is 16.3. The molecule has 2 rings (SSSR count). The van der Waals surface area contributed by atoms with Crippen LogP contribution in [-0.2, 0) is 0 Å². The lowest BCUT2D eigenvalue weighted by Gasteiger charge is -2.13. The van der Waals surface area contributed by atoms with Crippen molar-refractivity contribution in [3.8, 4) is 11.5 Å². The first-order chi connectivity index (χ1) is 10.6. The molecule has 0 aliphatic rings. The number of benzene rings is 1. The molecule has 0 radical (unpaired) electrons. The van der Waals surface area contributed by atoms with E-state index in [1.54, 1.807) is 31.4 Å². The number of aryl methyl sites for hydroxylation is 2. The number of furan rings is 1. The Morgan fingerprint density at radius 1 is 1.14 bits per heavy atom. The number of carbonyl (C=O) groups excluding carboxylic acids is 1. The summed E-state index contributed by atoms with van der Waals surface area (Å²) in [5.74, 6) is 1.68. The van der Waals surface area contributed by atoms with E-state index < -0.39 is 0 Å². The van der Waals surface area contributed by atoms with Crippen molar-refractivity contribution in [1.29, 1.82) is 0 Å². The molecule has 0 bridgehead atoms. The van der Waals surface area contributed by atoms with Crippen LogP contribution in [0.1, 0.15) is 35.5 Å². The topological polar surface area (TPSA) is 60.7 Å². The largest absolute Gasteiger partial charge is 0.490 e. The van der Waals surface area contributed by atoms with Crippen molar-refractivity contribution in [2.75, 3.05) is 18.5 Å². The van der Waals surface area contributed by atoms with Crippen molar-refractivity contribution in [3.63, 3.8) is 0 Å². The van der Waals surface area contributed by atoms with E-state index in [9.17, 15) is 4.79 Å². The van der Waals surface area contributed by atoms with Gasteiger partial charge in [-0.2, -0.15) is 0 Å². The van der Waals surface area contributed by atoms with E-state index in [0.29, 0.717) is 41.7 Å². The smallest absolute Gasteiger partial charge is 0.259 e. The fraction of sp³-hybridized carbons (Fsp3) is 0.353. The van der Waals surface area contributed by atoms with Gasteiger partial charge < -0.3 is 19.2 Å². The molecule has 1 amide bonds. The molecule has 0 spiro atoms. The maximum atomic E-state index is 12.4. The monoisotopic (exact) mass is 303 g/mol. The third-order valence-electron chi connectivity index (χ3n) is 3.19. The van der Waals surface area contributed by atoms with Crippen molar-refractivity contribution in [2.24, 2.45) is 0 Å². The molecule has 1 N–H and O–H groups in total. The zero-order valence-electron chi connectivity index (χ0n) is 13.4. The first-order valence-corrected chi connectivity index (χ1v) is 7.32. The summed E-state index contributed by atoms with van der Waals surface area (Å²) in [5.41, 5.74) is 2.02. The zero-order valence-corrected chi connectivity index (χ0v) is 13.4. The number of hydrogen-bond acceptors (Lipinski definition) is 4. The van der Waals surface area contributed by atoms with Crippen LogP contribution in [-0.4, -0.2) is 19.1 Å². The van der Waals surface area contributed by atoms with Gasteiger partial charge in [0, 0.05) is 17.3 Å². The van der Waals surface area contributed by atoms with E-state index in [0.717, 1.165) is 5.56 Å². The summed E-state index contributed by atoms with van der Waals surface area (Å²) in [5, 5.41) is 2.86. The molecule has 0 aliphatic carbocycles. The van der Waals surface area contributed by atoms with Gasteiger partial charge in [-0.05, 0) is 39.8 Å². The molecule has 1 aromatic carbocycles. The number of hydrogen-bond donors (Lipinski definition) is 1. The number of nitrogens with one attached hydrogen (secondary N) is 1. The highest BCUT2D eigenvalue weighted by molar-refractivity contribution is 6.06. The molecule has 1 aromatic heterocycles. The molecule has 0 saturated heterocycles. The molecule has 5 nitrogen and oxygen atoms in total. The maximum absolute atomic E-state index is 12.4. The lowest BCUT2D eigenvalue weighted by atomic mass is 10.1. The van der Waals surface area contributed by atoms with Crippen molar-refractivity contribution in [2.45, 2.75) is 27.7 Å². The molecule has 0 fully saturated rings. The number of ether oxygens (including phenoxy) is 2. The normalized spacial score (nSPS) is 10.4. The van der Waals surface area contributed by atoms with Crippen LogP contribution < -0.4 is 14.8 Å². The van der Waals surface area contributed by atoms with Gasteiger partial charge in [-0.1, -0.05) is 0 Å². The SMILES string of the molecule is CCOc1ccc(NC(=O)c2c(C)coc2C)cc1OCC. The number of carbonyl (C=O) groups is 1. The Hall–Kier alpha value is -2.43. The predicted molar refractivity (Wildman–Crippen MR) is 84.9 cm³/mol. The lowest BCUT2D eigenvalue weighted by Crippen LogP contribution is -2.13. The minimum Gasteiger partial charge on any atom is -0.490 e. The molecule has 1 heterocycles. The molecule has 22 heavy (non-hydrogen) atoms. The Kier molecular flexibility index (Phi) is 5.09. The van der Waals surface area contributed by atoms with Gasteiger partial charge in [0.2, 0.25) is 0 Å². The second-order valence-electron chi connectivity index (χ2n) is 4.83. The van der Waals surface area contributed by atoms with Crippen molar-refractivity contribution >= 4 is 11.6 Å². The number of amides is 1. The molecule has 2 aromatic rings. The van der Waals surface area contributed by atoms with Crippen LogP contribution in [0.2, 0.25) is 0 Å². The van der Waals surface area contributed by atoms with Crippen LogP contribution in [0.3, 0.4) is 0 Å². The van der Waals surface area contributed by atoms with E-state index in [1.165, 1.54) is 0 Å². The first-order valence-electron chi connectivity index (χ1n) is 7.32. The summed E-state index contributed by atoms with van der Waals surface area (Å²) in [6.45, 7) is 8.51. The van der Waals surface area contributed by atoms with Crippen LogP contribution in [0.4, 0.5) is 5.69 Å². The van der Waals surface area contributed by atoms with Gasteiger partial charge in [0.05, 0.1) is 25.0 Å². The van der Waals surface area contributed by atoms with Crippen molar-refractivity contribution < 1.29 is 18.7 Å². The van der Waals surface area contributed by atoms with Crippen LogP contribution in [0.5, 0.6) is 11.5 Å². The average Bonchev–Trinajstić information content (AvgIpc) is 2.81. The second-order valence-corrected chi connectivity index (χ2v) is 4.83. The highest BCUT2D eigenvalue weighted by Crippen LogP contribution is 2.31. The van der Waals surface area contributed by atoms with Crippen LogP contribution in [0, 0.1) is 13.8 Å². The molecule has 5 heteroatoms. The van der Waals surface area contributed by atoms with Crippen molar-refractivity contribution in [3.05, 3.63) is 41.3 Å². The van der Waals surface area contributed by atoms with E-state index in [4.69, 9.17) is 13.9 Å². The van der Waals surface area contributed by atoms with Crippen LogP contribution in [0.15, 0.2) is 28.9 Å². The van der Waals surface area contributed by atoms with Gasteiger partial charge in [0.15, 0.2) is 11.5 Å². The van der Waals surface area contributed by atoms with E-state index >= 15 is 0 Å². The summed E-state index contributed by atoms with van der Waals surface area (Å²) in [4.78, 5) is 12.4. The third-order valence-corrected chi connectivity index (χ3v) is 3.19. The summed E-state index contributed by atoms with van der Waals surface area (Å²) in [6.07, 6.45) is 1.58. The Bertz CT molecular complexity index is 641. The summed E-state index contributed by atoms with van der Waals surface area (Å²) >= 11 is 0. The molecule has 118 valence electrons. The summed E-state index contributed by atoms with van der Waals surface area (Å²) in [6, 6.07) is 5.34. The molecular weight excluding hydrogens is 282 g/mol. The Morgan fingerprint density at radius 3 is 2.41 bits per heavy atom. The Labute approximate surface area is 130 Å². The second kappa shape index (κ2) is 7.02. The number of anilines is 1. The first kappa shape index (κ1) is 15.9. The molecular formula is C17H21NO4. The Morgan fingerprint density at radius 2 is 1.82 bits per heavy atom. The van der Waals surface area contributed by atoms with E-state index in [-0.39, 0.29) is 5.91 Å². The van der Waals surface area contributed by atoms with Crippen LogP contribution >= 0.6 is 0 Å². The Balaban J connectivity index is 2.22. The predicted octanol–water partition coefficient (Wildman–Crippen LogP) is 3.95. The average molecular weight is 303 g/mol. The minimum atomic E-state index is -0.199. The fourth-order valence-corrected chi connectivity index (χ4v) is 2.23. The van der Waals surface area contributed by atoms with E-state index in [1.807, 2.05) is 20.8 Å². The molecule has 0 unspecified atom stereocenters. The van der Waals surface area contributed by atoms with Gasteiger partial charge in [-0.3, -0.25) is 4.79 Å². The lowest BCUT2D eigenvalue weighted by molar-refractivity contribution is 0.102. The molecule has 0 saturated carbocycles. The zero-order chi connectivity index (χ0) is 16.1.